The first-order valence-corrected chi connectivity index (χ1v) is 11.3. The van der Waals surface area contributed by atoms with Crippen LogP contribution in [0.5, 0.6) is 11.5 Å². The lowest BCUT2D eigenvalue weighted by molar-refractivity contribution is -0.385. The lowest BCUT2D eigenvalue weighted by Gasteiger charge is -2.12. The van der Waals surface area contributed by atoms with Gasteiger partial charge in [-0.1, -0.05) is 60.7 Å². The molecule has 0 fully saturated rings. The molecular weight excluding hydrogens is 474 g/mol. The predicted molar refractivity (Wildman–Crippen MR) is 139 cm³/mol. The number of hydrazone groups is 1. The Morgan fingerprint density at radius 3 is 2.57 bits per heavy atom. The SMILES string of the molecule is COc1cc(C=NNC(=O)c2cc3c(ccc4ccccc43)o2)c([N+](=O)[O-])cc1OCc1ccccc1. The smallest absolute Gasteiger partial charge is 0.307 e. The molecule has 0 spiro atoms. The fourth-order valence-corrected chi connectivity index (χ4v) is 3.95. The van der Waals surface area contributed by atoms with Gasteiger partial charge in [-0.3, -0.25) is 14.9 Å². The highest BCUT2D eigenvalue weighted by molar-refractivity contribution is 6.08. The number of carbonyl (C=O) groups is 1. The normalized spacial score (nSPS) is 11.2. The van der Waals surface area contributed by atoms with Gasteiger partial charge in [-0.2, -0.15) is 5.10 Å². The van der Waals surface area contributed by atoms with Gasteiger partial charge in [0, 0.05) is 5.39 Å². The lowest BCUT2D eigenvalue weighted by atomic mass is 10.1. The summed E-state index contributed by atoms with van der Waals surface area (Å²) in [4.78, 5) is 23.8. The Balaban J connectivity index is 1.36. The monoisotopic (exact) mass is 495 g/mol. The van der Waals surface area contributed by atoms with Crippen LogP contribution in [0.25, 0.3) is 21.7 Å². The van der Waals surface area contributed by atoms with Crippen LogP contribution < -0.4 is 14.9 Å². The number of benzene rings is 4. The molecule has 0 saturated carbocycles. The highest BCUT2D eigenvalue weighted by atomic mass is 16.6. The number of hydrogen-bond acceptors (Lipinski definition) is 7. The van der Waals surface area contributed by atoms with E-state index in [9.17, 15) is 14.9 Å². The van der Waals surface area contributed by atoms with Crippen LogP contribution in [0, 0.1) is 10.1 Å². The van der Waals surface area contributed by atoms with Crippen molar-refractivity contribution >= 4 is 39.6 Å². The quantitative estimate of drug-likeness (QED) is 0.164. The molecule has 9 nitrogen and oxygen atoms in total. The van der Waals surface area contributed by atoms with Gasteiger partial charge in [-0.15, -0.1) is 0 Å². The van der Waals surface area contributed by atoms with Crippen molar-refractivity contribution in [2.75, 3.05) is 7.11 Å². The fourth-order valence-electron chi connectivity index (χ4n) is 3.95. The van der Waals surface area contributed by atoms with Crippen molar-refractivity contribution in [3.05, 3.63) is 112 Å². The average molecular weight is 495 g/mol. The standard InChI is InChI=1S/C28H21N3O6/c1-35-25-13-20(23(31(33)34)15-26(25)36-17-18-7-3-2-4-8-18)16-29-30-28(32)27-14-22-21-10-6-5-9-19(21)11-12-24(22)37-27/h2-16H,17H2,1H3,(H,30,32). The van der Waals surface area contributed by atoms with Crippen LogP contribution >= 0.6 is 0 Å². The van der Waals surface area contributed by atoms with Crippen LogP contribution in [-0.4, -0.2) is 24.2 Å². The van der Waals surface area contributed by atoms with Gasteiger partial charge in [-0.25, -0.2) is 5.43 Å². The Kier molecular flexibility index (Phi) is 6.50. The Bertz CT molecular complexity index is 1640. The molecule has 1 heterocycles. The van der Waals surface area contributed by atoms with Crippen LogP contribution in [-0.2, 0) is 6.61 Å². The molecule has 5 aromatic rings. The summed E-state index contributed by atoms with van der Waals surface area (Å²) in [5, 5.41) is 18.4. The molecule has 0 aliphatic carbocycles. The Morgan fingerprint density at radius 1 is 1.00 bits per heavy atom. The number of hydrogen-bond donors (Lipinski definition) is 1. The first-order valence-electron chi connectivity index (χ1n) is 11.3. The van der Waals surface area contributed by atoms with Crippen LogP contribution in [0.2, 0.25) is 0 Å². The maximum Gasteiger partial charge on any atom is 0.307 e. The van der Waals surface area contributed by atoms with Gasteiger partial charge >= 0.3 is 5.91 Å². The third-order valence-electron chi connectivity index (χ3n) is 5.77. The van der Waals surface area contributed by atoms with Crippen molar-refractivity contribution in [1.29, 1.82) is 0 Å². The number of nitro groups is 1. The largest absolute Gasteiger partial charge is 0.493 e. The predicted octanol–water partition coefficient (Wildman–Crippen LogP) is 5.85. The lowest BCUT2D eigenvalue weighted by Crippen LogP contribution is -2.16. The molecule has 1 amide bonds. The molecule has 4 aromatic carbocycles. The van der Waals surface area contributed by atoms with E-state index in [0.29, 0.717) is 11.3 Å². The van der Waals surface area contributed by atoms with Crippen LogP contribution in [0.4, 0.5) is 5.69 Å². The van der Waals surface area contributed by atoms with E-state index in [1.54, 1.807) is 12.1 Å². The van der Waals surface area contributed by atoms with E-state index < -0.39 is 10.8 Å². The summed E-state index contributed by atoms with van der Waals surface area (Å²) in [6.45, 7) is 0.213. The minimum Gasteiger partial charge on any atom is -0.493 e. The molecule has 0 saturated heterocycles. The van der Waals surface area contributed by atoms with E-state index in [1.165, 1.54) is 25.5 Å². The molecule has 9 heteroatoms. The number of methoxy groups -OCH3 is 1. The first-order chi connectivity index (χ1) is 18.0. The van der Waals surface area contributed by atoms with Gasteiger partial charge in [0.05, 0.1) is 29.9 Å². The zero-order chi connectivity index (χ0) is 25.8. The average Bonchev–Trinajstić information content (AvgIpc) is 3.37. The number of nitrogens with one attached hydrogen (secondary N) is 1. The number of fused-ring (bicyclic) bond motifs is 3. The van der Waals surface area contributed by atoms with Gasteiger partial charge in [0.25, 0.3) is 5.69 Å². The summed E-state index contributed by atoms with van der Waals surface area (Å²) < 4.78 is 16.8. The van der Waals surface area contributed by atoms with Gasteiger partial charge in [0.2, 0.25) is 0 Å². The van der Waals surface area contributed by atoms with Crippen molar-refractivity contribution in [3.63, 3.8) is 0 Å². The molecule has 37 heavy (non-hydrogen) atoms. The van der Waals surface area contributed by atoms with E-state index in [1.807, 2.05) is 60.7 Å². The van der Waals surface area contributed by atoms with E-state index in [4.69, 9.17) is 13.9 Å². The molecule has 0 atom stereocenters. The van der Waals surface area contributed by atoms with Gasteiger partial charge in [-0.05, 0) is 34.5 Å². The number of rotatable bonds is 8. The maximum atomic E-state index is 12.7. The van der Waals surface area contributed by atoms with Crippen molar-refractivity contribution in [1.82, 2.24) is 5.43 Å². The highest BCUT2D eigenvalue weighted by Crippen LogP contribution is 2.34. The van der Waals surface area contributed by atoms with Gasteiger partial charge in [0.1, 0.15) is 12.2 Å². The summed E-state index contributed by atoms with van der Waals surface area (Å²) in [5.41, 5.74) is 3.71. The molecule has 5 rings (SSSR count). The molecule has 0 aliphatic rings. The molecule has 1 aromatic heterocycles. The van der Waals surface area contributed by atoms with Crippen molar-refractivity contribution < 1.29 is 23.6 Å². The molecular formula is C28H21N3O6. The van der Waals surface area contributed by atoms with E-state index in [-0.39, 0.29) is 29.4 Å². The number of carbonyl (C=O) groups excluding carboxylic acids is 1. The molecule has 0 radical (unpaired) electrons. The van der Waals surface area contributed by atoms with E-state index in [0.717, 1.165) is 21.7 Å². The summed E-state index contributed by atoms with van der Waals surface area (Å²) in [7, 11) is 1.44. The Hall–Kier alpha value is -5.18. The molecule has 0 unspecified atom stereocenters. The minimum atomic E-state index is -0.589. The van der Waals surface area contributed by atoms with Gasteiger partial charge < -0.3 is 13.9 Å². The summed E-state index contributed by atoms with van der Waals surface area (Å²) >= 11 is 0. The second-order valence-corrected chi connectivity index (χ2v) is 8.10. The van der Waals surface area contributed by atoms with Crippen LogP contribution in [0.1, 0.15) is 21.7 Å². The number of ether oxygens (including phenoxy) is 2. The number of nitrogens with zero attached hydrogens (tertiary/aromatic N) is 2. The van der Waals surface area contributed by atoms with Crippen molar-refractivity contribution in [2.24, 2.45) is 5.10 Å². The molecule has 0 aliphatic heterocycles. The summed E-state index contributed by atoms with van der Waals surface area (Å²) in [6, 6.07) is 25.3. The van der Waals surface area contributed by atoms with E-state index in [2.05, 4.69) is 10.5 Å². The zero-order valence-electron chi connectivity index (χ0n) is 19.7. The minimum absolute atomic E-state index is 0.0697. The fraction of sp³-hybridized carbons (Fsp3) is 0.0714. The second kappa shape index (κ2) is 10.2. The summed E-state index contributed by atoms with van der Waals surface area (Å²) in [5.74, 6) is -0.0126. The molecule has 1 N–H and O–H groups in total. The number of nitro benzene ring substituents is 1. The zero-order valence-corrected chi connectivity index (χ0v) is 19.7. The van der Waals surface area contributed by atoms with Crippen LogP contribution in [0.15, 0.2) is 94.4 Å². The number of amides is 1. The third-order valence-corrected chi connectivity index (χ3v) is 5.77. The number of furan rings is 1. The molecule has 0 bridgehead atoms. The van der Waals surface area contributed by atoms with E-state index >= 15 is 0 Å². The van der Waals surface area contributed by atoms with Gasteiger partial charge in [0.15, 0.2) is 17.3 Å². The highest BCUT2D eigenvalue weighted by Gasteiger charge is 2.19. The summed E-state index contributed by atoms with van der Waals surface area (Å²) in [6.07, 6.45) is 1.18. The van der Waals surface area contributed by atoms with Crippen molar-refractivity contribution in [3.8, 4) is 11.5 Å². The third kappa shape index (κ3) is 4.96. The Morgan fingerprint density at radius 2 is 1.78 bits per heavy atom. The van der Waals surface area contributed by atoms with Crippen molar-refractivity contribution in [2.45, 2.75) is 6.61 Å². The topological polar surface area (TPSA) is 116 Å². The second-order valence-electron chi connectivity index (χ2n) is 8.10. The maximum absolute atomic E-state index is 12.7. The Labute approximate surface area is 211 Å². The first kappa shape index (κ1) is 23.6. The molecule has 184 valence electrons. The van der Waals surface area contributed by atoms with Crippen LogP contribution in [0.3, 0.4) is 0 Å².